The van der Waals surface area contributed by atoms with Crippen LogP contribution in [0.1, 0.15) is 42.9 Å². The van der Waals surface area contributed by atoms with Gasteiger partial charge in [-0.2, -0.15) is 0 Å². The molecule has 0 unspecified atom stereocenters. The number of anilines is 1. The first-order valence-electron chi connectivity index (χ1n) is 9.95. The molecule has 4 heteroatoms. The molecular weight excluding hydrogens is 322 g/mol. The molecule has 1 saturated carbocycles. The maximum atomic E-state index is 10.9. The van der Waals surface area contributed by atoms with Gasteiger partial charge in [-0.1, -0.05) is 37.1 Å². The van der Waals surface area contributed by atoms with Gasteiger partial charge in [-0.05, 0) is 30.9 Å². The Morgan fingerprint density at radius 2 is 1.77 bits per heavy atom. The minimum Gasteiger partial charge on any atom is -0.384 e. The molecule has 1 atom stereocenters. The van der Waals surface area contributed by atoms with E-state index in [1.165, 1.54) is 32.2 Å². The number of aromatic nitrogens is 1. The van der Waals surface area contributed by atoms with E-state index in [1.54, 1.807) is 12.4 Å². The molecule has 1 aromatic carbocycles. The summed E-state index contributed by atoms with van der Waals surface area (Å²) < 4.78 is 0. The second-order valence-corrected chi connectivity index (χ2v) is 7.69. The van der Waals surface area contributed by atoms with Gasteiger partial charge in [0.15, 0.2) is 0 Å². The highest BCUT2D eigenvalue weighted by Gasteiger charge is 2.24. The number of piperazine rings is 1. The molecule has 1 aliphatic heterocycles. The van der Waals surface area contributed by atoms with E-state index in [1.807, 2.05) is 24.3 Å². The van der Waals surface area contributed by atoms with Crippen LogP contribution in [0.5, 0.6) is 0 Å². The maximum Gasteiger partial charge on any atom is 0.108 e. The van der Waals surface area contributed by atoms with E-state index in [-0.39, 0.29) is 0 Å². The van der Waals surface area contributed by atoms with Gasteiger partial charge in [-0.3, -0.25) is 9.88 Å². The van der Waals surface area contributed by atoms with Crippen LogP contribution in [-0.4, -0.2) is 47.7 Å². The number of hydrogen-bond donors (Lipinski definition) is 1. The summed E-state index contributed by atoms with van der Waals surface area (Å²) in [6.07, 6.45) is 8.54. The molecule has 2 heterocycles. The van der Waals surface area contributed by atoms with E-state index < -0.39 is 6.10 Å². The van der Waals surface area contributed by atoms with Crippen LogP contribution < -0.4 is 4.90 Å². The second kappa shape index (κ2) is 8.19. The van der Waals surface area contributed by atoms with Gasteiger partial charge in [0, 0.05) is 61.9 Å². The van der Waals surface area contributed by atoms with Crippen LogP contribution >= 0.6 is 0 Å². The van der Waals surface area contributed by atoms with Crippen molar-refractivity contribution < 1.29 is 5.11 Å². The number of para-hydroxylation sites is 1. The lowest BCUT2D eigenvalue weighted by atomic mass is 10.00. The monoisotopic (exact) mass is 351 g/mol. The predicted octanol–water partition coefficient (Wildman–Crippen LogP) is 3.48. The third-order valence-corrected chi connectivity index (χ3v) is 5.94. The Hall–Kier alpha value is -1.91. The molecule has 1 N–H and O–H groups in total. The number of hydrogen-bond acceptors (Lipinski definition) is 4. The van der Waals surface area contributed by atoms with E-state index in [4.69, 9.17) is 0 Å². The largest absolute Gasteiger partial charge is 0.384 e. The van der Waals surface area contributed by atoms with E-state index in [9.17, 15) is 5.11 Å². The molecule has 138 valence electrons. The molecule has 0 spiro atoms. The standard InChI is InChI=1S/C22H29N3O/c26-22(19-8-5-11-23-16-19)20-9-3-4-10-21(20)25-14-12-24(13-15-25)17-18-6-1-2-7-18/h3-5,8-11,16,18,22,26H,1-2,6-7,12-15,17H2/t22-/m0/s1. The number of pyridine rings is 1. The number of nitrogens with zero attached hydrogens (tertiary/aromatic N) is 3. The van der Waals surface area contributed by atoms with Crippen molar-refractivity contribution in [1.29, 1.82) is 0 Å². The van der Waals surface area contributed by atoms with Crippen molar-refractivity contribution in [1.82, 2.24) is 9.88 Å². The number of rotatable bonds is 5. The van der Waals surface area contributed by atoms with E-state index >= 15 is 0 Å². The average molecular weight is 351 g/mol. The zero-order chi connectivity index (χ0) is 17.8. The smallest absolute Gasteiger partial charge is 0.108 e. The quantitative estimate of drug-likeness (QED) is 0.895. The lowest BCUT2D eigenvalue weighted by Crippen LogP contribution is -2.48. The molecule has 0 amide bonds. The van der Waals surface area contributed by atoms with Crippen molar-refractivity contribution in [3.63, 3.8) is 0 Å². The van der Waals surface area contributed by atoms with Crippen LogP contribution in [0.4, 0.5) is 5.69 Å². The molecule has 4 nitrogen and oxygen atoms in total. The lowest BCUT2D eigenvalue weighted by Gasteiger charge is -2.38. The summed E-state index contributed by atoms with van der Waals surface area (Å²) in [6, 6.07) is 12.1. The van der Waals surface area contributed by atoms with E-state index in [0.717, 1.165) is 48.9 Å². The van der Waals surface area contributed by atoms with Crippen LogP contribution in [-0.2, 0) is 0 Å². The zero-order valence-corrected chi connectivity index (χ0v) is 15.4. The number of aliphatic hydroxyl groups excluding tert-OH is 1. The van der Waals surface area contributed by atoms with Gasteiger partial charge in [-0.25, -0.2) is 0 Å². The Morgan fingerprint density at radius 3 is 2.50 bits per heavy atom. The first-order chi connectivity index (χ1) is 12.8. The van der Waals surface area contributed by atoms with Crippen molar-refractivity contribution in [2.24, 2.45) is 5.92 Å². The Labute approximate surface area is 156 Å². The average Bonchev–Trinajstić information content (AvgIpc) is 3.22. The van der Waals surface area contributed by atoms with Crippen molar-refractivity contribution >= 4 is 5.69 Å². The molecule has 2 fully saturated rings. The van der Waals surface area contributed by atoms with Gasteiger partial charge in [0.25, 0.3) is 0 Å². The molecule has 0 radical (unpaired) electrons. The van der Waals surface area contributed by atoms with Gasteiger partial charge >= 0.3 is 0 Å². The SMILES string of the molecule is O[C@@H](c1cccnc1)c1ccccc1N1CCN(CC2CCCC2)CC1. The summed E-state index contributed by atoms with van der Waals surface area (Å²) in [6.45, 7) is 5.57. The van der Waals surface area contributed by atoms with Crippen molar-refractivity contribution in [3.8, 4) is 0 Å². The van der Waals surface area contributed by atoms with Crippen LogP contribution in [0.2, 0.25) is 0 Å². The molecule has 26 heavy (non-hydrogen) atoms. The molecule has 1 aliphatic carbocycles. The topological polar surface area (TPSA) is 39.6 Å². The third-order valence-electron chi connectivity index (χ3n) is 5.94. The third kappa shape index (κ3) is 3.92. The minimum atomic E-state index is -0.628. The predicted molar refractivity (Wildman–Crippen MR) is 105 cm³/mol. The molecule has 2 aromatic rings. The first-order valence-corrected chi connectivity index (χ1v) is 9.95. The molecule has 1 saturated heterocycles. The number of benzene rings is 1. The normalized spacial score (nSPS) is 20.4. The Bertz CT molecular complexity index is 692. The summed E-state index contributed by atoms with van der Waals surface area (Å²) >= 11 is 0. The number of aliphatic hydroxyl groups is 1. The fraction of sp³-hybridized carbons (Fsp3) is 0.500. The Morgan fingerprint density at radius 1 is 1.00 bits per heavy atom. The van der Waals surface area contributed by atoms with Crippen molar-refractivity contribution in [3.05, 3.63) is 59.9 Å². The molecule has 0 bridgehead atoms. The van der Waals surface area contributed by atoms with Crippen LogP contribution in [0.25, 0.3) is 0 Å². The summed E-state index contributed by atoms with van der Waals surface area (Å²) in [5, 5.41) is 10.9. The zero-order valence-electron chi connectivity index (χ0n) is 15.4. The lowest BCUT2D eigenvalue weighted by molar-refractivity contribution is 0.213. The summed E-state index contributed by atoms with van der Waals surface area (Å²) in [7, 11) is 0. The van der Waals surface area contributed by atoms with Gasteiger partial charge in [0.1, 0.15) is 6.10 Å². The molecule has 1 aromatic heterocycles. The highest BCUT2D eigenvalue weighted by atomic mass is 16.3. The highest BCUT2D eigenvalue weighted by Crippen LogP contribution is 2.31. The van der Waals surface area contributed by atoms with Crippen molar-refractivity contribution in [2.45, 2.75) is 31.8 Å². The van der Waals surface area contributed by atoms with Crippen LogP contribution in [0, 0.1) is 5.92 Å². The highest BCUT2D eigenvalue weighted by molar-refractivity contribution is 5.56. The van der Waals surface area contributed by atoms with Crippen molar-refractivity contribution in [2.75, 3.05) is 37.6 Å². The summed E-state index contributed by atoms with van der Waals surface area (Å²) in [5.41, 5.74) is 2.98. The molecule has 4 rings (SSSR count). The Kier molecular flexibility index (Phi) is 5.51. The molecule has 2 aliphatic rings. The van der Waals surface area contributed by atoms with Crippen LogP contribution in [0.15, 0.2) is 48.8 Å². The minimum absolute atomic E-state index is 0.628. The maximum absolute atomic E-state index is 10.9. The summed E-state index contributed by atoms with van der Waals surface area (Å²) in [5.74, 6) is 0.918. The van der Waals surface area contributed by atoms with Gasteiger partial charge in [0.2, 0.25) is 0 Å². The molecular formula is C22H29N3O. The Balaban J connectivity index is 1.44. The first kappa shape index (κ1) is 17.5. The van der Waals surface area contributed by atoms with E-state index in [2.05, 4.69) is 26.9 Å². The fourth-order valence-corrected chi connectivity index (χ4v) is 4.45. The summed E-state index contributed by atoms with van der Waals surface area (Å²) in [4.78, 5) is 9.21. The van der Waals surface area contributed by atoms with Gasteiger partial charge in [0.05, 0.1) is 0 Å². The second-order valence-electron chi connectivity index (χ2n) is 7.69. The van der Waals surface area contributed by atoms with Gasteiger partial charge < -0.3 is 10.0 Å². The van der Waals surface area contributed by atoms with E-state index in [0.29, 0.717) is 0 Å². The fourth-order valence-electron chi connectivity index (χ4n) is 4.45. The van der Waals surface area contributed by atoms with Crippen LogP contribution in [0.3, 0.4) is 0 Å². The van der Waals surface area contributed by atoms with Gasteiger partial charge in [-0.15, -0.1) is 0 Å².